The first-order valence-corrected chi connectivity index (χ1v) is 10.2. The van der Waals surface area contributed by atoms with Gasteiger partial charge in [-0.1, -0.05) is 0 Å². The van der Waals surface area contributed by atoms with Crippen molar-refractivity contribution in [1.29, 1.82) is 0 Å². The Morgan fingerprint density at radius 1 is 1.14 bits per heavy atom. The maximum Gasteiger partial charge on any atom is 0.272 e. The number of carbonyl (C=O) groups is 1. The van der Waals surface area contributed by atoms with Gasteiger partial charge in [-0.15, -0.1) is 0 Å². The number of rotatable bonds is 6. The quantitative estimate of drug-likeness (QED) is 0.802. The van der Waals surface area contributed by atoms with E-state index in [-0.39, 0.29) is 17.8 Å². The summed E-state index contributed by atoms with van der Waals surface area (Å²) in [5.74, 6) is -0.347. The van der Waals surface area contributed by atoms with Crippen molar-refractivity contribution in [3.8, 4) is 11.3 Å². The zero-order valence-electron chi connectivity index (χ0n) is 16.5. The third-order valence-corrected chi connectivity index (χ3v) is 5.60. The van der Waals surface area contributed by atoms with Crippen LogP contribution >= 0.6 is 0 Å². The first-order chi connectivity index (χ1) is 14.2. The molecule has 156 valence electrons. The molecule has 3 heterocycles. The predicted molar refractivity (Wildman–Crippen MR) is 106 cm³/mol. The molecule has 2 aromatic rings. The number of ether oxygens (including phenoxy) is 2. The van der Waals surface area contributed by atoms with Crippen LogP contribution in [0, 0.1) is 5.82 Å². The monoisotopic (exact) mass is 402 g/mol. The molecule has 1 N–H and O–H groups in total. The van der Waals surface area contributed by atoms with Gasteiger partial charge in [-0.25, -0.2) is 4.39 Å². The Hall–Kier alpha value is -2.29. The van der Waals surface area contributed by atoms with Gasteiger partial charge in [-0.2, -0.15) is 5.10 Å². The minimum Gasteiger partial charge on any atom is -0.381 e. The van der Waals surface area contributed by atoms with Gasteiger partial charge in [0, 0.05) is 51.0 Å². The molecule has 8 heteroatoms. The molecule has 1 aromatic heterocycles. The van der Waals surface area contributed by atoms with Crippen LogP contribution in [0.3, 0.4) is 0 Å². The lowest BCUT2D eigenvalue weighted by Crippen LogP contribution is -2.48. The highest BCUT2D eigenvalue weighted by molar-refractivity contribution is 5.93. The Labute approximate surface area is 169 Å². The molecule has 29 heavy (non-hydrogen) atoms. The van der Waals surface area contributed by atoms with Crippen molar-refractivity contribution in [3.63, 3.8) is 0 Å². The largest absolute Gasteiger partial charge is 0.381 e. The number of amides is 1. The lowest BCUT2D eigenvalue weighted by atomic mass is 10.1. The van der Waals surface area contributed by atoms with Crippen LogP contribution in [-0.4, -0.2) is 84.6 Å². The fraction of sp³-hybridized carbons (Fsp3) is 0.524. The first kappa shape index (κ1) is 20.0. The molecule has 1 aromatic carbocycles. The average Bonchev–Trinajstić information content (AvgIpc) is 3.26. The van der Waals surface area contributed by atoms with Crippen molar-refractivity contribution in [3.05, 3.63) is 41.8 Å². The van der Waals surface area contributed by atoms with Gasteiger partial charge in [0.2, 0.25) is 0 Å². The number of hydrogen-bond acceptors (Lipinski definition) is 5. The minimum atomic E-state index is -0.297. The standard InChI is InChI=1S/C21H27FN4O3/c22-17-3-1-16(2-4-17)19-15-20(24-23-19)21(27)26(18-5-11-28-12-6-18)8-7-25-9-13-29-14-10-25/h1-4,15,18H,5-14H2,(H,23,24). The number of halogens is 1. The van der Waals surface area contributed by atoms with Gasteiger partial charge in [0.15, 0.2) is 0 Å². The molecule has 2 fully saturated rings. The fourth-order valence-corrected chi connectivity index (χ4v) is 3.88. The van der Waals surface area contributed by atoms with E-state index in [0.717, 1.165) is 51.3 Å². The maximum atomic E-state index is 13.3. The fourth-order valence-electron chi connectivity index (χ4n) is 3.88. The minimum absolute atomic E-state index is 0.0500. The molecule has 7 nitrogen and oxygen atoms in total. The second-order valence-corrected chi connectivity index (χ2v) is 7.47. The van der Waals surface area contributed by atoms with Crippen LogP contribution in [0.5, 0.6) is 0 Å². The molecule has 0 aliphatic carbocycles. The van der Waals surface area contributed by atoms with Crippen LogP contribution in [0.4, 0.5) is 4.39 Å². The van der Waals surface area contributed by atoms with Gasteiger partial charge in [0.05, 0.1) is 18.9 Å². The van der Waals surface area contributed by atoms with Crippen LogP contribution in [0.1, 0.15) is 23.3 Å². The molecule has 0 spiro atoms. The number of hydrogen-bond donors (Lipinski definition) is 1. The number of nitrogens with zero attached hydrogens (tertiary/aromatic N) is 3. The molecule has 0 atom stereocenters. The summed E-state index contributed by atoms with van der Waals surface area (Å²) in [4.78, 5) is 17.6. The van der Waals surface area contributed by atoms with E-state index in [4.69, 9.17) is 9.47 Å². The van der Waals surface area contributed by atoms with Crippen molar-refractivity contribution < 1.29 is 18.7 Å². The first-order valence-electron chi connectivity index (χ1n) is 10.2. The molecule has 2 aliphatic heterocycles. The SMILES string of the molecule is O=C(c1cc(-c2ccc(F)cc2)n[nH]1)N(CCN1CCOCC1)C1CCOCC1. The van der Waals surface area contributed by atoms with Crippen LogP contribution in [0.2, 0.25) is 0 Å². The zero-order chi connectivity index (χ0) is 20.1. The average molecular weight is 402 g/mol. The Kier molecular flexibility index (Phi) is 6.53. The normalized spacial score (nSPS) is 18.7. The Morgan fingerprint density at radius 2 is 1.83 bits per heavy atom. The number of nitrogens with one attached hydrogen (secondary N) is 1. The summed E-state index contributed by atoms with van der Waals surface area (Å²) in [6.07, 6.45) is 1.68. The van der Waals surface area contributed by atoms with Crippen molar-refractivity contribution >= 4 is 5.91 Å². The lowest BCUT2D eigenvalue weighted by molar-refractivity contribution is 0.0139. The van der Waals surface area contributed by atoms with Gasteiger partial charge < -0.3 is 14.4 Å². The summed E-state index contributed by atoms with van der Waals surface area (Å²) in [7, 11) is 0. The van der Waals surface area contributed by atoms with Crippen molar-refractivity contribution in [2.24, 2.45) is 0 Å². The van der Waals surface area contributed by atoms with Gasteiger partial charge in [-0.05, 0) is 43.2 Å². The Bertz CT molecular complexity index is 799. The lowest BCUT2D eigenvalue weighted by Gasteiger charge is -2.36. The maximum absolute atomic E-state index is 13.3. The molecular formula is C21H27FN4O3. The second-order valence-electron chi connectivity index (χ2n) is 7.47. The molecule has 2 saturated heterocycles. The van der Waals surface area contributed by atoms with Crippen molar-refractivity contribution in [1.82, 2.24) is 20.0 Å². The van der Waals surface area contributed by atoms with E-state index in [1.165, 1.54) is 12.1 Å². The Morgan fingerprint density at radius 3 is 2.55 bits per heavy atom. The molecule has 0 bridgehead atoms. The summed E-state index contributed by atoms with van der Waals surface area (Å²) in [5, 5.41) is 7.14. The van der Waals surface area contributed by atoms with Gasteiger partial charge in [-0.3, -0.25) is 14.8 Å². The van der Waals surface area contributed by atoms with Crippen LogP contribution < -0.4 is 0 Å². The molecule has 4 rings (SSSR count). The molecule has 0 saturated carbocycles. The van der Waals surface area contributed by atoms with Crippen LogP contribution in [0.15, 0.2) is 30.3 Å². The topological polar surface area (TPSA) is 70.7 Å². The molecular weight excluding hydrogens is 375 g/mol. The summed E-state index contributed by atoms with van der Waals surface area (Å²) in [5.41, 5.74) is 1.86. The van der Waals surface area contributed by atoms with Gasteiger partial charge in [0.25, 0.3) is 5.91 Å². The molecule has 0 radical (unpaired) electrons. The third kappa shape index (κ3) is 5.01. The number of aromatic nitrogens is 2. The van der Waals surface area contributed by atoms with Crippen LogP contribution in [-0.2, 0) is 9.47 Å². The van der Waals surface area contributed by atoms with E-state index in [1.54, 1.807) is 18.2 Å². The highest BCUT2D eigenvalue weighted by atomic mass is 19.1. The number of carbonyl (C=O) groups excluding carboxylic acids is 1. The summed E-state index contributed by atoms with van der Waals surface area (Å²) in [6.45, 7) is 6.12. The van der Waals surface area contributed by atoms with E-state index in [9.17, 15) is 9.18 Å². The van der Waals surface area contributed by atoms with E-state index in [2.05, 4.69) is 15.1 Å². The zero-order valence-corrected chi connectivity index (χ0v) is 16.5. The van der Waals surface area contributed by atoms with E-state index < -0.39 is 0 Å². The van der Waals surface area contributed by atoms with E-state index >= 15 is 0 Å². The number of aromatic amines is 1. The molecule has 0 unspecified atom stereocenters. The smallest absolute Gasteiger partial charge is 0.272 e. The number of benzene rings is 1. The Balaban J connectivity index is 1.48. The highest BCUT2D eigenvalue weighted by Crippen LogP contribution is 2.21. The second kappa shape index (κ2) is 9.47. The summed E-state index contributed by atoms with van der Waals surface area (Å²) in [6, 6.07) is 8.01. The van der Waals surface area contributed by atoms with Crippen molar-refractivity contribution in [2.75, 3.05) is 52.6 Å². The number of H-pyrrole nitrogens is 1. The predicted octanol–water partition coefficient (Wildman–Crippen LogP) is 2.17. The van der Waals surface area contributed by atoms with E-state index in [1.807, 2.05) is 4.90 Å². The van der Waals surface area contributed by atoms with Crippen LogP contribution in [0.25, 0.3) is 11.3 Å². The van der Waals surface area contributed by atoms with Crippen molar-refractivity contribution in [2.45, 2.75) is 18.9 Å². The van der Waals surface area contributed by atoms with E-state index in [0.29, 0.717) is 31.1 Å². The van der Waals surface area contributed by atoms with Gasteiger partial charge >= 0.3 is 0 Å². The van der Waals surface area contributed by atoms with Gasteiger partial charge in [0.1, 0.15) is 11.5 Å². The highest BCUT2D eigenvalue weighted by Gasteiger charge is 2.28. The molecule has 2 aliphatic rings. The summed E-state index contributed by atoms with van der Waals surface area (Å²) < 4.78 is 24.1. The number of morpholine rings is 1. The summed E-state index contributed by atoms with van der Waals surface area (Å²) >= 11 is 0. The third-order valence-electron chi connectivity index (χ3n) is 5.60. The molecule has 1 amide bonds.